The van der Waals surface area contributed by atoms with Gasteiger partial charge in [-0.05, 0) is 37.3 Å². The highest BCUT2D eigenvalue weighted by Crippen LogP contribution is 2.20. The Hall–Kier alpha value is -3.94. The summed E-state index contributed by atoms with van der Waals surface area (Å²) in [6.45, 7) is 1.83. The molecule has 0 aliphatic carbocycles. The Morgan fingerprint density at radius 1 is 1.11 bits per heavy atom. The van der Waals surface area contributed by atoms with Gasteiger partial charge in [-0.3, -0.25) is 9.36 Å². The normalized spacial score (nSPS) is 10.6. The van der Waals surface area contributed by atoms with Crippen LogP contribution in [0.1, 0.15) is 16.2 Å². The number of nitrogens with zero attached hydrogens (tertiary/aromatic N) is 4. The summed E-state index contributed by atoms with van der Waals surface area (Å²) in [5.41, 5.74) is 2.00. The number of nitrogens with one attached hydrogen (secondary N) is 2. The molecule has 8 heteroatoms. The van der Waals surface area contributed by atoms with Gasteiger partial charge < -0.3 is 15.1 Å². The number of anilines is 3. The van der Waals surface area contributed by atoms with Crippen LogP contribution in [0.3, 0.4) is 0 Å². The van der Waals surface area contributed by atoms with E-state index >= 15 is 0 Å². The summed E-state index contributed by atoms with van der Waals surface area (Å²) < 4.78 is 6.73. The zero-order valence-corrected chi connectivity index (χ0v) is 14.5. The van der Waals surface area contributed by atoms with Crippen LogP contribution < -0.4 is 10.6 Å². The van der Waals surface area contributed by atoms with E-state index in [0.717, 1.165) is 11.5 Å². The quantitative estimate of drug-likeness (QED) is 0.565. The lowest BCUT2D eigenvalue weighted by molar-refractivity contribution is 0.102. The van der Waals surface area contributed by atoms with Crippen molar-refractivity contribution in [1.29, 1.82) is 0 Å². The van der Waals surface area contributed by atoms with E-state index in [1.165, 1.54) is 12.5 Å². The van der Waals surface area contributed by atoms with Gasteiger partial charge >= 0.3 is 0 Å². The number of carbonyl (C=O) groups is 1. The van der Waals surface area contributed by atoms with Crippen LogP contribution in [0.4, 0.5) is 17.2 Å². The van der Waals surface area contributed by atoms with Crippen LogP contribution in [0.15, 0.2) is 72.1 Å². The fourth-order valence-corrected chi connectivity index (χ4v) is 2.52. The average molecular weight is 360 g/mol. The van der Waals surface area contributed by atoms with E-state index in [2.05, 4.69) is 25.6 Å². The first-order valence-corrected chi connectivity index (χ1v) is 8.22. The van der Waals surface area contributed by atoms with Gasteiger partial charge in [-0.25, -0.2) is 15.0 Å². The number of amides is 1. The summed E-state index contributed by atoms with van der Waals surface area (Å²) in [5, 5.41) is 6.05. The van der Waals surface area contributed by atoms with Crippen molar-refractivity contribution in [3.63, 3.8) is 0 Å². The molecule has 0 saturated carbocycles. The van der Waals surface area contributed by atoms with Gasteiger partial charge in [0.25, 0.3) is 5.91 Å². The van der Waals surface area contributed by atoms with Gasteiger partial charge in [0.2, 0.25) is 0 Å². The van der Waals surface area contributed by atoms with Gasteiger partial charge in [0.05, 0.1) is 11.8 Å². The standard InChI is InChI=1S/C19H16N6O2/c1-13-21-17(10-18(22-13)25-8-7-20-12-25)23-15-2-4-16(5-3-15)24-19(26)14-6-9-27-11-14/h2-12H,1H3,(H,24,26)(H,21,22,23). The maximum absolute atomic E-state index is 12.0. The van der Waals surface area contributed by atoms with Crippen molar-refractivity contribution in [2.24, 2.45) is 0 Å². The number of furan rings is 1. The Labute approximate surface area is 154 Å². The SMILES string of the molecule is Cc1nc(Nc2ccc(NC(=O)c3ccoc3)cc2)cc(-n2ccnc2)n1. The summed E-state index contributed by atoms with van der Waals surface area (Å²) in [7, 11) is 0. The van der Waals surface area contributed by atoms with Gasteiger partial charge in [-0.1, -0.05) is 0 Å². The van der Waals surface area contributed by atoms with E-state index in [-0.39, 0.29) is 5.91 Å². The maximum Gasteiger partial charge on any atom is 0.258 e. The van der Waals surface area contributed by atoms with Gasteiger partial charge in [0.15, 0.2) is 0 Å². The van der Waals surface area contributed by atoms with Crippen LogP contribution in [0.5, 0.6) is 0 Å². The first-order valence-electron chi connectivity index (χ1n) is 8.22. The zero-order chi connectivity index (χ0) is 18.6. The highest BCUT2D eigenvalue weighted by atomic mass is 16.3. The van der Waals surface area contributed by atoms with Crippen molar-refractivity contribution in [3.8, 4) is 5.82 Å². The molecule has 0 saturated heterocycles. The van der Waals surface area contributed by atoms with Crippen molar-refractivity contribution < 1.29 is 9.21 Å². The Balaban J connectivity index is 1.48. The van der Waals surface area contributed by atoms with Crippen LogP contribution in [0.25, 0.3) is 5.82 Å². The Morgan fingerprint density at radius 2 is 1.93 bits per heavy atom. The minimum Gasteiger partial charge on any atom is -0.472 e. The molecule has 2 N–H and O–H groups in total. The molecule has 3 heterocycles. The van der Waals surface area contributed by atoms with Gasteiger partial charge in [0.1, 0.15) is 30.1 Å². The molecule has 1 aromatic carbocycles. The van der Waals surface area contributed by atoms with Gasteiger partial charge in [0, 0.05) is 29.8 Å². The molecule has 0 atom stereocenters. The Kier molecular flexibility index (Phi) is 4.36. The molecule has 3 aromatic heterocycles. The summed E-state index contributed by atoms with van der Waals surface area (Å²) >= 11 is 0. The first kappa shape index (κ1) is 16.5. The summed E-state index contributed by atoms with van der Waals surface area (Å²) in [6, 6.07) is 10.8. The van der Waals surface area contributed by atoms with Crippen LogP contribution in [-0.4, -0.2) is 25.4 Å². The lowest BCUT2D eigenvalue weighted by Crippen LogP contribution is -2.10. The number of hydrogen-bond acceptors (Lipinski definition) is 6. The van der Waals surface area contributed by atoms with E-state index in [0.29, 0.717) is 22.9 Å². The lowest BCUT2D eigenvalue weighted by atomic mass is 10.2. The molecule has 134 valence electrons. The number of benzene rings is 1. The number of hydrogen-bond donors (Lipinski definition) is 2. The van der Waals surface area contributed by atoms with Crippen LogP contribution >= 0.6 is 0 Å². The number of aromatic nitrogens is 4. The van der Waals surface area contributed by atoms with Crippen LogP contribution in [-0.2, 0) is 0 Å². The van der Waals surface area contributed by atoms with Crippen molar-refractivity contribution in [3.05, 3.63) is 79.0 Å². The minimum absolute atomic E-state index is 0.221. The van der Waals surface area contributed by atoms with Crippen molar-refractivity contribution in [2.75, 3.05) is 10.6 Å². The lowest BCUT2D eigenvalue weighted by Gasteiger charge is -2.10. The Bertz CT molecular complexity index is 1040. The molecular weight excluding hydrogens is 344 g/mol. The highest BCUT2D eigenvalue weighted by Gasteiger charge is 2.08. The summed E-state index contributed by atoms with van der Waals surface area (Å²) in [6.07, 6.45) is 8.07. The van der Waals surface area contributed by atoms with Crippen molar-refractivity contribution in [1.82, 2.24) is 19.5 Å². The summed E-state index contributed by atoms with van der Waals surface area (Å²) in [5.74, 6) is 1.82. The number of rotatable bonds is 5. The zero-order valence-electron chi connectivity index (χ0n) is 14.5. The van der Waals surface area contributed by atoms with Gasteiger partial charge in [-0.15, -0.1) is 0 Å². The first-order chi connectivity index (χ1) is 13.2. The molecule has 0 unspecified atom stereocenters. The third-order valence-electron chi connectivity index (χ3n) is 3.79. The number of aryl methyl sites for hydroxylation is 1. The summed E-state index contributed by atoms with van der Waals surface area (Å²) in [4.78, 5) is 24.9. The fraction of sp³-hybridized carbons (Fsp3) is 0.0526. The predicted molar refractivity (Wildman–Crippen MR) is 100 cm³/mol. The van der Waals surface area contributed by atoms with E-state index in [1.807, 2.05) is 48.0 Å². The molecule has 0 bridgehead atoms. The molecule has 0 aliphatic heterocycles. The van der Waals surface area contributed by atoms with Crippen molar-refractivity contribution >= 4 is 23.1 Å². The highest BCUT2D eigenvalue weighted by molar-refractivity contribution is 6.04. The third kappa shape index (κ3) is 3.84. The maximum atomic E-state index is 12.0. The largest absolute Gasteiger partial charge is 0.472 e. The molecule has 4 rings (SSSR count). The predicted octanol–water partition coefficient (Wildman–Crippen LogP) is 3.56. The second kappa shape index (κ2) is 7.12. The molecule has 0 radical (unpaired) electrons. The molecule has 0 fully saturated rings. The molecule has 0 aliphatic rings. The second-order valence-corrected chi connectivity index (χ2v) is 5.80. The minimum atomic E-state index is -0.221. The van der Waals surface area contributed by atoms with Crippen LogP contribution in [0.2, 0.25) is 0 Å². The Morgan fingerprint density at radius 3 is 2.63 bits per heavy atom. The van der Waals surface area contributed by atoms with Crippen molar-refractivity contribution in [2.45, 2.75) is 6.92 Å². The smallest absolute Gasteiger partial charge is 0.258 e. The number of imidazole rings is 1. The second-order valence-electron chi connectivity index (χ2n) is 5.80. The monoisotopic (exact) mass is 360 g/mol. The topological polar surface area (TPSA) is 97.9 Å². The molecule has 27 heavy (non-hydrogen) atoms. The fourth-order valence-electron chi connectivity index (χ4n) is 2.52. The molecule has 1 amide bonds. The van der Waals surface area contributed by atoms with Gasteiger partial charge in [-0.2, -0.15) is 0 Å². The van der Waals surface area contributed by atoms with E-state index < -0.39 is 0 Å². The van der Waals surface area contributed by atoms with Crippen LogP contribution in [0, 0.1) is 6.92 Å². The number of carbonyl (C=O) groups excluding carboxylic acids is 1. The molecule has 8 nitrogen and oxygen atoms in total. The molecular formula is C19H16N6O2. The van der Waals surface area contributed by atoms with E-state index in [9.17, 15) is 4.79 Å². The van der Waals surface area contributed by atoms with E-state index in [1.54, 1.807) is 18.6 Å². The molecule has 4 aromatic rings. The molecule has 0 spiro atoms. The van der Waals surface area contributed by atoms with E-state index in [4.69, 9.17) is 4.42 Å². The average Bonchev–Trinajstić information content (AvgIpc) is 3.37. The third-order valence-corrected chi connectivity index (χ3v) is 3.79.